The van der Waals surface area contributed by atoms with Crippen molar-refractivity contribution in [2.45, 2.75) is 26.7 Å². The molecule has 0 spiro atoms. The number of rotatable bonds is 5. The Bertz CT molecular complexity index is 502. The molecule has 0 saturated carbocycles. The van der Waals surface area contributed by atoms with Gasteiger partial charge in [0.15, 0.2) is 0 Å². The molecule has 5 nitrogen and oxygen atoms in total. The average molecular weight is 292 g/mol. The maximum absolute atomic E-state index is 11.6. The summed E-state index contributed by atoms with van der Waals surface area (Å²) in [5.74, 6) is 2.21. The molecule has 0 aliphatic carbocycles. The number of pyridine rings is 1. The topological polar surface area (TPSA) is 51.7 Å². The molecule has 1 aliphatic heterocycles. The van der Waals surface area contributed by atoms with Crippen LogP contribution in [0.4, 0.5) is 5.82 Å². The fourth-order valence-corrected chi connectivity index (χ4v) is 2.93. The lowest BCUT2D eigenvalue weighted by Gasteiger charge is -2.19. The Morgan fingerprint density at radius 3 is 2.81 bits per heavy atom. The molecule has 1 saturated heterocycles. The molecule has 1 unspecified atom stereocenters. The first-order valence-corrected chi connectivity index (χ1v) is 7.43. The highest BCUT2D eigenvalue weighted by atomic mass is 16.5. The SMILES string of the molecule is COC(=O)c1ccc(N2CCC(CC(C)C)C2)nc1OC. The normalized spacial score (nSPS) is 18.1. The maximum Gasteiger partial charge on any atom is 0.343 e. The second-order valence-electron chi connectivity index (χ2n) is 5.95. The van der Waals surface area contributed by atoms with Gasteiger partial charge in [0.05, 0.1) is 14.2 Å². The van der Waals surface area contributed by atoms with Crippen LogP contribution in [0.2, 0.25) is 0 Å². The van der Waals surface area contributed by atoms with Crippen molar-refractivity contribution in [3.8, 4) is 5.88 Å². The molecule has 0 radical (unpaired) electrons. The van der Waals surface area contributed by atoms with Gasteiger partial charge in [0.1, 0.15) is 11.4 Å². The molecular weight excluding hydrogens is 268 g/mol. The van der Waals surface area contributed by atoms with Crippen LogP contribution < -0.4 is 9.64 Å². The molecule has 1 aliphatic rings. The fourth-order valence-electron chi connectivity index (χ4n) is 2.93. The van der Waals surface area contributed by atoms with E-state index in [1.54, 1.807) is 6.07 Å². The van der Waals surface area contributed by atoms with Crippen molar-refractivity contribution in [3.05, 3.63) is 17.7 Å². The maximum atomic E-state index is 11.6. The number of hydrogen-bond donors (Lipinski definition) is 0. The minimum Gasteiger partial charge on any atom is -0.480 e. The van der Waals surface area contributed by atoms with Gasteiger partial charge in [-0.05, 0) is 36.8 Å². The van der Waals surface area contributed by atoms with E-state index in [0.29, 0.717) is 11.4 Å². The van der Waals surface area contributed by atoms with Crippen molar-refractivity contribution in [2.24, 2.45) is 11.8 Å². The first-order chi connectivity index (χ1) is 10.0. The largest absolute Gasteiger partial charge is 0.480 e. The van der Waals surface area contributed by atoms with Gasteiger partial charge < -0.3 is 14.4 Å². The highest BCUT2D eigenvalue weighted by Crippen LogP contribution is 2.29. The number of hydrogen-bond acceptors (Lipinski definition) is 5. The summed E-state index contributed by atoms with van der Waals surface area (Å²) in [4.78, 5) is 18.4. The molecule has 1 aromatic rings. The third-order valence-corrected chi connectivity index (χ3v) is 3.86. The second-order valence-corrected chi connectivity index (χ2v) is 5.95. The van der Waals surface area contributed by atoms with E-state index in [9.17, 15) is 4.79 Å². The Morgan fingerprint density at radius 1 is 1.43 bits per heavy atom. The molecule has 2 heterocycles. The third-order valence-electron chi connectivity index (χ3n) is 3.86. The lowest BCUT2D eigenvalue weighted by molar-refractivity contribution is 0.0596. The monoisotopic (exact) mass is 292 g/mol. The minimum absolute atomic E-state index is 0.326. The van der Waals surface area contributed by atoms with E-state index in [2.05, 4.69) is 23.7 Å². The highest BCUT2D eigenvalue weighted by Gasteiger charge is 2.25. The molecular formula is C16H24N2O3. The number of methoxy groups -OCH3 is 2. The lowest BCUT2D eigenvalue weighted by Crippen LogP contribution is -2.21. The van der Waals surface area contributed by atoms with E-state index in [4.69, 9.17) is 9.47 Å². The van der Waals surface area contributed by atoms with Crippen LogP contribution in [0.5, 0.6) is 5.88 Å². The molecule has 2 rings (SSSR count). The Morgan fingerprint density at radius 2 is 2.19 bits per heavy atom. The van der Waals surface area contributed by atoms with E-state index in [1.165, 1.54) is 27.1 Å². The average Bonchev–Trinajstić information content (AvgIpc) is 2.93. The van der Waals surface area contributed by atoms with Crippen LogP contribution in [0.25, 0.3) is 0 Å². The zero-order valence-electron chi connectivity index (χ0n) is 13.3. The van der Waals surface area contributed by atoms with Gasteiger partial charge in [-0.3, -0.25) is 0 Å². The van der Waals surface area contributed by atoms with Gasteiger partial charge in [0.2, 0.25) is 5.88 Å². The van der Waals surface area contributed by atoms with Crippen LogP contribution in [-0.2, 0) is 4.74 Å². The molecule has 1 aromatic heterocycles. The molecule has 0 bridgehead atoms. The van der Waals surface area contributed by atoms with Crippen LogP contribution in [0, 0.1) is 11.8 Å². The Kier molecular flexibility index (Phi) is 5.04. The lowest BCUT2D eigenvalue weighted by atomic mass is 9.97. The van der Waals surface area contributed by atoms with E-state index in [-0.39, 0.29) is 0 Å². The van der Waals surface area contributed by atoms with Gasteiger partial charge in [0.25, 0.3) is 0 Å². The summed E-state index contributed by atoms with van der Waals surface area (Å²) < 4.78 is 9.95. The van der Waals surface area contributed by atoms with Gasteiger partial charge in [-0.15, -0.1) is 0 Å². The summed E-state index contributed by atoms with van der Waals surface area (Å²) in [5.41, 5.74) is 0.363. The number of nitrogens with zero attached hydrogens (tertiary/aromatic N) is 2. The van der Waals surface area contributed by atoms with E-state index >= 15 is 0 Å². The first kappa shape index (κ1) is 15.6. The first-order valence-electron chi connectivity index (χ1n) is 7.43. The van der Waals surface area contributed by atoms with Crippen molar-refractivity contribution in [2.75, 3.05) is 32.2 Å². The van der Waals surface area contributed by atoms with Crippen molar-refractivity contribution in [3.63, 3.8) is 0 Å². The van der Waals surface area contributed by atoms with E-state index in [1.807, 2.05) is 6.07 Å². The number of carbonyl (C=O) groups excluding carboxylic acids is 1. The molecule has 0 N–H and O–H groups in total. The zero-order valence-corrected chi connectivity index (χ0v) is 13.3. The van der Waals surface area contributed by atoms with Crippen molar-refractivity contribution >= 4 is 11.8 Å². The van der Waals surface area contributed by atoms with Crippen LogP contribution in [0.3, 0.4) is 0 Å². The number of anilines is 1. The number of ether oxygens (including phenoxy) is 2. The summed E-state index contributed by atoms with van der Waals surface area (Å²) >= 11 is 0. The van der Waals surface area contributed by atoms with Gasteiger partial charge >= 0.3 is 5.97 Å². The van der Waals surface area contributed by atoms with Gasteiger partial charge in [-0.2, -0.15) is 4.98 Å². The zero-order chi connectivity index (χ0) is 15.4. The quantitative estimate of drug-likeness (QED) is 0.781. The third kappa shape index (κ3) is 3.65. The number of aromatic nitrogens is 1. The predicted molar refractivity (Wildman–Crippen MR) is 81.9 cm³/mol. The van der Waals surface area contributed by atoms with E-state index in [0.717, 1.165) is 30.7 Å². The van der Waals surface area contributed by atoms with Crippen LogP contribution in [-0.4, -0.2) is 38.3 Å². The van der Waals surface area contributed by atoms with Crippen molar-refractivity contribution < 1.29 is 14.3 Å². The molecule has 0 amide bonds. The summed E-state index contributed by atoms with van der Waals surface area (Å²) in [7, 11) is 2.87. The van der Waals surface area contributed by atoms with E-state index < -0.39 is 5.97 Å². The van der Waals surface area contributed by atoms with Crippen LogP contribution in [0.1, 0.15) is 37.0 Å². The van der Waals surface area contributed by atoms with Gasteiger partial charge in [-0.25, -0.2) is 4.79 Å². The Hall–Kier alpha value is -1.78. The summed E-state index contributed by atoms with van der Waals surface area (Å²) in [6.45, 7) is 6.54. The van der Waals surface area contributed by atoms with Crippen molar-refractivity contribution in [1.82, 2.24) is 4.98 Å². The van der Waals surface area contributed by atoms with Crippen molar-refractivity contribution in [1.29, 1.82) is 0 Å². The molecule has 21 heavy (non-hydrogen) atoms. The smallest absolute Gasteiger partial charge is 0.343 e. The van der Waals surface area contributed by atoms with Crippen LogP contribution in [0.15, 0.2) is 12.1 Å². The van der Waals surface area contributed by atoms with Gasteiger partial charge in [-0.1, -0.05) is 13.8 Å². The van der Waals surface area contributed by atoms with Crippen LogP contribution >= 0.6 is 0 Å². The highest BCUT2D eigenvalue weighted by molar-refractivity contribution is 5.92. The Labute approximate surface area is 126 Å². The molecule has 0 aromatic carbocycles. The molecule has 116 valence electrons. The molecule has 1 fully saturated rings. The fraction of sp³-hybridized carbons (Fsp3) is 0.625. The molecule has 1 atom stereocenters. The summed E-state index contributed by atoms with van der Waals surface area (Å²) in [5, 5.41) is 0. The summed E-state index contributed by atoms with van der Waals surface area (Å²) in [6, 6.07) is 3.59. The predicted octanol–water partition coefficient (Wildman–Crippen LogP) is 2.75. The number of carbonyl (C=O) groups is 1. The van der Waals surface area contributed by atoms with Gasteiger partial charge in [0, 0.05) is 13.1 Å². The number of esters is 1. The second kappa shape index (κ2) is 6.78. The summed E-state index contributed by atoms with van der Waals surface area (Å²) in [6.07, 6.45) is 2.44. The minimum atomic E-state index is -0.426. The Balaban J connectivity index is 2.13. The standard InChI is InChI=1S/C16H24N2O3/c1-11(2)9-12-7-8-18(10-12)14-6-5-13(16(19)21-4)15(17-14)20-3/h5-6,11-12H,7-10H2,1-4H3. The molecule has 5 heteroatoms.